The second-order valence-corrected chi connectivity index (χ2v) is 8.74. The molecule has 7 nitrogen and oxygen atoms in total. The van der Waals surface area contributed by atoms with E-state index >= 15 is 0 Å². The van der Waals surface area contributed by atoms with Crippen LogP contribution in [0.25, 0.3) is 10.9 Å². The van der Waals surface area contributed by atoms with Gasteiger partial charge in [0.25, 0.3) is 0 Å². The molecule has 0 fully saturated rings. The van der Waals surface area contributed by atoms with Crippen LogP contribution >= 0.6 is 0 Å². The lowest BCUT2D eigenvalue weighted by molar-refractivity contribution is -0.148. The Kier molecular flexibility index (Phi) is 8.46. The third-order valence-electron chi connectivity index (χ3n) is 5.68. The molecule has 37 heavy (non-hydrogen) atoms. The molecule has 192 valence electrons. The highest BCUT2D eigenvalue weighted by molar-refractivity contribution is 5.87. The number of rotatable bonds is 11. The van der Waals surface area contributed by atoms with Crippen molar-refractivity contribution in [1.82, 2.24) is 4.98 Å². The minimum Gasteiger partial charge on any atom is -0.497 e. The first kappa shape index (κ1) is 25.8. The summed E-state index contributed by atoms with van der Waals surface area (Å²) in [5, 5.41) is 0.872. The molecule has 0 spiro atoms. The molecule has 7 heteroatoms. The number of hydrogen-bond acceptors (Lipinski definition) is 7. The first-order valence-corrected chi connectivity index (χ1v) is 12.1. The van der Waals surface area contributed by atoms with Crippen molar-refractivity contribution in [2.45, 2.75) is 39.1 Å². The predicted molar refractivity (Wildman–Crippen MR) is 141 cm³/mol. The predicted octanol–water partition coefficient (Wildman–Crippen LogP) is 5.77. The summed E-state index contributed by atoms with van der Waals surface area (Å²) in [5.74, 6) is 2.33. The van der Waals surface area contributed by atoms with Gasteiger partial charge in [0.1, 0.15) is 29.6 Å². The standard InChI is InChI=1S/C30H31NO6/c1-20(2)36-29-22(18-31-27-15-14-25(33-3)17-26(27)29)19-35-23-12-10-21(11-13-23)16-28(30(32)34-4)37-24-8-6-5-7-9-24/h5-15,17-18,20,28H,16,19H2,1-4H3. The van der Waals surface area contributed by atoms with E-state index in [1.54, 1.807) is 13.3 Å². The molecule has 1 unspecified atom stereocenters. The highest BCUT2D eigenvalue weighted by Crippen LogP contribution is 2.33. The Morgan fingerprint density at radius 2 is 1.59 bits per heavy atom. The van der Waals surface area contributed by atoms with Gasteiger partial charge in [-0.25, -0.2) is 4.79 Å². The zero-order chi connectivity index (χ0) is 26.2. The Balaban J connectivity index is 1.47. The van der Waals surface area contributed by atoms with Gasteiger partial charge < -0.3 is 23.7 Å². The van der Waals surface area contributed by atoms with Crippen molar-refractivity contribution in [2.24, 2.45) is 0 Å². The van der Waals surface area contributed by atoms with Crippen molar-refractivity contribution >= 4 is 16.9 Å². The smallest absolute Gasteiger partial charge is 0.347 e. The zero-order valence-corrected chi connectivity index (χ0v) is 21.5. The van der Waals surface area contributed by atoms with Crippen LogP contribution < -0.4 is 18.9 Å². The van der Waals surface area contributed by atoms with Gasteiger partial charge in [-0.15, -0.1) is 0 Å². The summed E-state index contributed by atoms with van der Waals surface area (Å²) in [6.07, 6.45) is 1.37. The largest absolute Gasteiger partial charge is 0.497 e. The van der Waals surface area contributed by atoms with Crippen LogP contribution in [0.5, 0.6) is 23.0 Å². The van der Waals surface area contributed by atoms with Crippen molar-refractivity contribution in [3.63, 3.8) is 0 Å². The molecule has 0 aliphatic carbocycles. The van der Waals surface area contributed by atoms with Crippen molar-refractivity contribution in [2.75, 3.05) is 14.2 Å². The van der Waals surface area contributed by atoms with Crippen molar-refractivity contribution in [1.29, 1.82) is 0 Å². The van der Waals surface area contributed by atoms with Gasteiger partial charge in [0.2, 0.25) is 0 Å². The summed E-state index contributed by atoms with van der Waals surface area (Å²) in [4.78, 5) is 16.9. The average Bonchev–Trinajstić information content (AvgIpc) is 2.92. The number of aromatic nitrogens is 1. The number of para-hydroxylation sites is 1. The topological polar surface area (TPSA) is 76.1 Å². The summed E-state index contributed by atoms with van der Waals surface area (Å²) in [5.41, 5.74) is 2.57. The monoisotopic (exact) mass is 501 g/mol. The number of pyridine rings is 1. The van der Waals surface area contributed by atoms with Gasteiger partial charge in [0, 0.05) is 18.0 Å². The van der Waals surface area contributed by atoms with Gasteiger partial charge in [-0.2, -0.15) is 0 Å². The third-order valence-corrected chi connectivity index (χ3v) is 5.68. The SMILES string of the molecule is COC(=O)C(Cc1ccc(OCc2cnc3ccc(OC)cc3c2OC(C)C)cc1)Oc1ccccc1. The number of methoxy groups -OCH3 is 2. The van der Waals surface area contributed by atoms with E-state index in [-0.39, 0.29) is 12.7 Å². The fourth-order valence-electron chi connectivity index (χ4n) is 3.86. The lowest BCUT2D eigenvalue weighted by atomic mass is 10.1. The highest BCUT2D eigenvalue weighted by Gasteiger charge is 2.22. The molecule has 0 saturated carbocycles. The average molecular weight is 502 g/mol. The lowest BCUT2D eigenvalue weighted by Crippen LogP contribution is -2.30. The van der Waals surface area contributed by atoms with Crippen molar-refractivity contribution in [3.05, 3.63) is 90.1 Å². The summed E-state index contributed by atoms with van der Waals surface area (Å²) in [7, 11) is 2.99. The van der Waals surface area contributed by atoms with E-state index < -0.39 is 12.1 Å². The molecule has 0 N–H and O–H groups in total. The van der Waals surface area contributed by atoms with Crippen LogP contribution in [0.4, 0.5) is 0 Å². The highest BCUT2D eigenvalue weighted by atomic mass is 16.6. The van der Waals surface area contributed by atoms with Crippen LogP contribution in [0.1, 0.15) is 25.0 Å². The number of fused-ring (bicyclic) bond motifs is 1. The molecule has 1 heterocycles. The quantitative estimate of drug-likeness (QED) is 0.241. The van der Waals surface area contributed by atoms with Crippen LogP contribution in [0.15, 0.2) is 79.0 Å². The van der Waals surface area contributed by atoms with E-state index in [0.29, 0.717) is 17.9 Å². The molecule has 0 radical (unpaired) electrons. The van der Waals surface area contributed by atoms with Gasteiger partial charge in [-0.1, -0.05) is 30.3 Å². The van der Waals surface area contributed by atoms with Gasteiger partial charge in [0.15, 0.2) is 6.10 Å². The summed E-state index contributed by atoms with van der Waals surface area (Å²) in [6.45, 7) is 4.25. The van der Waals surface area contributed by atoms with Gasteiger partial charge in [0.05, 0.1) is 31.4 Å². The van der Waals surface area contributed by atoms with Crippen LogP contribution in [0.2, 0.25) is 0 Å². The number of esters is 1. The van der Waals surface area contributed by atoms with E-state index in [2.05, 4.69) is 4.98 Å². The minimum absolute atomic E-state index is 0.0179. The van der Waals surface area contributed by atoms with E-state index in [0.717, 1.165) is 33.5 Å². The third kappa shape index (κ3) is 6.70. The molecule has 1 atom stereocenters. The van der Waals surface area contributed by atoms with Gasteiger partial charge >= 0.3 is 5.97 Å². The van der Waals surface area contributed by atoms with E-state index in [1.807, 2.05) is 86.6 Å². The molecular formula is C30H31NO6. The van der Waals surface area contributed by atoms with Crippen molar-refractivity contribution in [3.8, 4) is 23.0 Å². The number of nitrogens with zero attached hydrogens (tertiary/aromatic N) is 1. The Morgan fingerprint density at radius 1 is 0.865 bits per heavy atom. The first-order chi connectivity index (χ1) is 18.0. The summed E-state index contributed by atoms with van der Waals surface area (Å²) < 4.78 is 28.4. The molecule has 0 aliphatic rings. The number of ether oxygens (including phenoxy) is 5. The Hall–Kier alpha value is -4.26. The maximum absolute atomic E-state index is 12.3. The van der Waals surface area contributed by atoms with Gasteiger partial charge in [-0.05, 0) is 61.9 Å². The van der Waals surface area contributed by atoms with Crippen LogP contribution in [-0.2, 0) is 22.6 Å². The second kappa shape index (κ2) is 12.1. The zero-order valence-electron chi connectivity index (χ0n) is 21.5. The van der Waals surface area contributed by atoms with E-state index in [9.17, 15) is 4.79 Å². The number of carbonyl (C=O) groups excluding carboxylic acids is 1. The minimum atomic E-state index is -0.754. The Labute approximate surface area is 216 Å². The molecule has 1 aromatic heterocycles. The molecule has 0 amide bonds. The Morgan fingerprint density at radius 3 is 2.27 bits per heavy atom. The van der Waals surface area contributed by atoms with E-state index in [1.165, 1.54) is 7.11 Å². The van der Waals surface area contributed by atoms with Gasteiger partial charge in [-0.3, -0.25) is 4.98 Å². The molecule has 0 saturated heterocycles. The fraction of sp³-hybridized carbons (Fsp3) is 0.267. The maximum Gasteiger partial charge on any atom is 0.347 e. The molecule has 4 rings (SSSR count). The normalized spacial score (nSPS) is 11.7. The molecule has 0 bridgehead atoms. The first-order valence-electron chi connectivity index (χ1n) is 12.1. The summed E-state index contributed by atoms with van der Waals surface area (Å²) >= 11 is 0. The van der Waals surface area contributed by atoms with Crippen LogP contribution in [-0.4, -0.2) is 37.4 Å². The van der Waals surface area contributed by atoms with Crippen molar-refractivity contribution < 1.29 is 28.5 Å². The number of benzene rings is 3. The molecular weight excluding hydrogens is 470 g/mol. The molecule has 0 aliphatic heterocycles. The molecule has 3 aromatic carbocycles. The van der Waals surface area contributed by atoms with Crippen LogP contribution in [0.3, 0.4) is 0 Å². The number of carbonyl (C=O) groups is 1. The lowest BCUT2D eigenvalue weighted by Gasteiger charge is -2.18. The maximum atomic E-state index is 12.3. The van der Waals surface area contributed by atoms with E-state index in [4.69, 9.17) is 23.7 Å². The van der Waals surface area contributed by atoms with Crippen LogP contribution in [0, 0.1) is 0 Å². The Bertz CT molecular complexity index is 1320. The molecule has 4 aromatic rings. The second-order valence-electron chi connectivity index (χ2n) is 8.74. The fourth-order valence-corrected chi connectivity index (χ4v) is 3.86. The summed E-state index contributed by atoms with van der Waals surface area (Å²) in [6, 6.07) is 22.5. The number of hydrogen-bond donors (Lipinski definition) is 0.